The number of aliphatic imine (C=N–C) groups is 1. The number of hydrogen-bond acceptors (Lipinski definition) is 3. The van der Waals surface area contributed by atoms with Crippen molar-refractivity contribution in [3.63, 3.8) is 0 Å². The molecule has 1 aromatic heterocycles. The molecule has 0 fully saturated rings. The van der Waals surface area contributed by atoms with Gasteiger partial charge in [-0.1, -0.05) is 24.3 Å². The molecule has 24 heavy (non-hydrogen) atoms. The van der Waals surface area contributed by atoms with Crippen LogP contribution in [-0.4, -0.2) is 23.0 Å². The SMILES string of the molecule is C=C/C(N=Cc1cnn(-c2ccc(Cl)cc2)c1)=C(NC)\C(C)=C/C. The number of aromatic nitrogens is 2. The van der Waals surface area contributed by atoms with Gasteiger partial charge in [-0.3, -0.25) is 4.99 Å². The highest BCUT2D eigenvalue weighted by Crippen LogP contribution is 2.15. The van der Waals surface area contributed by atoms with E-state index in [4.69, 9.17) is 11.6 Å². The van der Waals surface area contributed by atoms with Gasteiger partial charge in [0.15, 0.2) is 0 Å². The van der Waals surface area contributed by atoms with Gasteiger partial charge in [0, 0.05) is 30.0 Å². The van der Waals surface area contributed by atoms with Gasteiger partial charge < -0.3 is 5.32 Å². The van der Waals surface area contributed by atoms with Crippen molar-refractivity contribution in [3.05, 3.63) is 82.9 Å². The Bertz CT molecular complexity index is 795. The van der Waals surface area contributed by atoms with E-state index in [0.717, 1.165) is 28.2 Å². The van der Waals surface area contributed by atoms with E-state index in [0.29, 0.717) is 5.02 Å². The van der Waals surface area contributed by atoms with Crippen LogP contribution in [0.5, 0.6) is 0 Å². The van der Waals surface area contributed by atoms with Gasteiger partial charge in [-0.05, 0) is 49.8 Å². The number of allylic oxidation sites excluding steroid dienone is 3. The molecular formula is C19H21ClN4. The number of rotatable bonds is 6. The zero-order chi connectivity index (χ0) is 17.5. The predicted molar refractivity (Wildman–Crippen MR) is 102 cm³/mol. The molecule has 0 aliphatic heterocycles. The minimum Gasteiger partial charge on any atom is -0.386 e. The van der Waals surface area contributed by atoms with Gasteiger partial charge in [-0.2, -0.15) is 5.10 Å². The molecule has 124 valence electrons. The summed E-state index contributed by atoms with van der Waals surface area (Å²) in [6.45, 7) is 7.87. The van der Waals surface area contributed by atoms with E-state index in [-0.39, 0.29) is 0 Å². The fourth-order valence-electron chi connectivity index (χ4n) is 2.17. The fourth-order valence-corrected chi connectivity index (χ4v) is 2.30. The summed E-state index contributed by atoms with van der Waals surface area (Å²) in [7, 11) is 1.87. The Morgan fingerprint density at radius 1 is 1.33 bits per heavy atom. The number of nitrogens with one attached hydrogen (secondary N) is 1. The Balaban J connectivity index is 2.27. The van der Waals surface area contributed by atoms with E-state index < -0.39 is 0 Å². The molecule has 0 aliphatic rings. The van der Waals surface area contributed by atoms with Gasteiger partial charge in [0.1, 0.15) is 0 Å². The lowest BCUT2D eigenvalue weighted by Gasteiger charge is -2.09. The number of hydrogen-bond donors (Lipinski definition) is 1. The largest absolute Gasteiger partial charge is 0.386 e. The van der Waals surface area contributed by atoms with Gasteiger partial charge in [0.25, 0.3) is 0 Å². The summed E-state index contributed by atoms with van der Waals surface area (Å²) in [4.78, 5) is 4.53. The Morgan fingerprint density at radius 3 is 2.62 bits per heavy atom. The van der Waals surface area contributed by atoms with Gasteiger partial charge in [-0.15, -0.1) is 0 Å². The average molecular weight is 341 g/mol. The molecule has 1 N–H and O–H groups in total. The van der Waals surface area contributed by atoms with Gasteiger partial charge >= 0.3 is 0 Å². The Morgan fingerprint density at radius 2 is 2.04 bits per heavy atom. The van der Waals surface area contributed by atoms with Crippen molar-refractivity contribution in [2.45, 2.75) is 13.8 Å². The molecule has 0 spiro atoms. The average Bonchev–Trinajstić information content (AvgIpc) is 3.07. The van der Waals surface area contributed by atoms with Crippen LogP contribution in [0.4, 0.5) is 0 Å². The van der Waals surface area contributed by atoms with Crippen LogP contribution in [0.15, 0.2) is 77.3 Å². The Kier molecular flexibility index (Phi) is 6.15. The fraction of sp³-hybridized carbons (Fsp3) is 0.158. The molecule has 0 radical (unpaired) electrons. The van der Waals surface area contributed by atoms with E-state index in [1.165, 1.54) is 0 Å². The molecule has 1 heterocycles. The third-order valence-corrected chi connectivity index (χ3v) is 3.83. The van der Waals surface area contributed by atoms with Crippen molar-refractivity contribution in [2.75, 3.05) is 7.05 Å². The Hall–Kier alpha value is -2.59. The molecule has 1 aromatic carbocycles. The molecule has 0 atom stereocenters. The number of halogens is 1. The van der Waals surface area contributed by atoms with Crippen LogP contribution in [0.3, 0.4) is 0 Å². The third-order valence-electron chi connectivity index (χ3n) is 3.57. The van der Waals surface area contributed by atoms with Gasteiger partial charge in [-0.25, -0.2) is 4.68 Å². The molecule has 2 rings (SSSR count). The smallest absolute Gasteiger partial charge is 0.0857 e. The van der Waals surface area contributed by atoms with Crippen molar-refractivity contribution in [2.24, 2.45) is 4.99 Å². The summed E-state index contributed by atoms with van der Waals surface area (Å²) in [5.41, 5.74) is 4.69. The monoisotopic (exact) mass is 340 g/mol. The molecule has 4 nitrogen and oxygen atoms in total. The quantitative estimate of drug-likeness (QED) is 0.620. The molecule has 0 unspecified atom stereocenters. The van der Waals surface area contributed by atoms with Crippen LogP contribution in [-0.2, 0) is 0 Å². The predicted octanol–water partition coefficient (Wildman–Crippen LogP) is 4.53. The molecule has 0 bridgehead atoms. The van der Waals surface area contributed by atoms with Crippen LogP contribution in [0, 0.1) is 0 Å². The van der Waals surface area contributed by atoms with Crippen LogP contribution in [0.25, 0.3) is 5.69 Å². The second kappa shape index (κ2) is 8.31. The summed E-state index contributed by atoms with van der Waals surface area (Å²) in [6.07, 6.45) is 9.22. The lowest BCUT2D eigenvalue weighted by molar-refractivity contribution is 0.880. The van der Waals surface area contributed by atoms with Gasteiger partial charge in [0.05, 0.1) is 23.3 Å². The van der Waals surface area contributed by atoms with Crippen molar-refractivity contribution < 1.29 is 0 Å². The standard InChI is InChI=1S/C19H21ClN4/c1-5-14(3)19(21-4)18(6-2)22-11-15-12-23-24(13-15)17-9-7-16(20)8-10-17/h5-13,21H,2H2,1,3-4H3/b14-5-,19-18-,22-11?. The van der Waals surface area contributed by atoms with Crippen molar-refractivity contribution in [1.29, 1.82) is 0 Å². The maximum absolute atomic E-state index is 5.91. The molecular weight excluding hydrogens is 320 g/mol. The molecule has 0 saturated heterocycles. The molecule has 0 amide bonds. The first kappa shape index (κ1) is 17.8. The maximum Gasteiger partial charge on any atom is 0.0857 e. The van der Waals surface area contributed by atoms with E-state index in [1.54, 1.807) is 23.2 Å². The highest BCUT2D eigenvalue weighted by molar-refractivity contribution is 6.30. The number of likely N-dealkylation sites (N-methyl/N-ethyl adjacent to an activating group) is 1. The number of nitrogens with zero attached hydrogens (tertiary/aromatic N) is 3. The summed E-state index contributed by atoms with van der Waals surface area (Å²) in [5.74, 6) is 0. The van der Waals surface area contributed by atoms with Crippen molar-refractivity contribution >= 4 is 17.8 Å². The second-order valence-electron chi connectivity index (χ2n) is 5.14. The van der Waals surface area contributed by atoms with Crippen LogP contribution in [0.2, 0.25) is 5.02 Å². The lowest BCUT2D eigenvalue weighted by atomic mass is 10.1. The van der Waals surface area contributed by atoms with Gasteiger partial charge in [0.2, 0.25) is 0 Å². The van der Waals surface area contributed by atoms with E-state index in [2.05, 4.69) is 22.0 Å². The minimum absolute atomic E-state index is 0.701. The van der Waals surface area contributed by atoms with Crippen LogP contribution in [0.1, 0.15) is 19.4 Å². The van der Waals surface area contributed by atoms with Crippen LogP contribution < -0.4 is 5.32 Å². The summed E-state index contributed by atoms with van der Waals surface area (Å²) in [6, 6.07) is 7.51. The molecule has 5 heteroatoms. The summed E-state index contributed by atoms with van der Waals surface area (Å²) >= 11 is 5.91. The maximum atomic E-state index is 5.91. The minimum atomic E-state index is 0.701. The molecule has 2 aromatic rings. The second-order valence-corrected chi connectivity index (χ2v) is 5.58. The van der Waals surface area contributed by atoms with E-state index in [9.17, 15) is 0 Å². The van der Waals surface area contributed by atoms with Crippen molar-refractivity contribution in [3.8, 4) is 5.69 Å². The summed E-state index contributed by atoms with van der Waals surface area (Å²) < 4.78 is 1.78. The zero-order valence-electron chi connectivity index (χ0n) is 14.1. The molecule has 0 aliphatic carbocycles. The highest BCUT2D eigenvalue weighted by atomic mass is 35.5. The first-order valence-electron chi connectivity index (χ1n) is 7.61. The van der Waals surface area contributed by atoms with Crippen molar-refractivity contribution in [1.82, 2.24) is 15.1 Å². The summed E-state index contributed by atoms with van der Waals surface area (Å²) in [5, 5.41) is 8.22. The first-order valence-corrected chi connectivity index (χ1v) is 7.99. The van der Waals surface area contributed by atoms with Crippen LogP contribution >= 0.6 is 11.6 Å². The van der Waals surface area contributed by atoms with E-state index >= 15 is 0 Å². The topological polar surface area (TPSA) is 42.2 Å². The number of benzene rings is 1. The normalized spacial score (nSPS) is 13.1. The Labute approximate surface area is 147 Å². The van der Waals surface area contributed by atoms with E-state index in [1.807, 2.05) is 57.4 Å². The zero-order valence-corrected chi connectivity index (χ0v) is 14.9. The first-order chi connectivity index (χ1) is 11.6. The highest BCUT2D eigenvalue weighted by Gasteiger charge is 2.03. The molecule has 0 saturated carbocycles. The third kappa shape index (κ3) is 4.24. The lowest BCUT2D eigenvalue weighted by Crippen LogP contribution is -2.09.